The van der Waals surface area contributed by atoms with Crippen LogP contribution in [0.1, 0.15) is 10.5 Å². The summed E-state index contributed by atoms with van der Waals surface area (Å²) in [6.45, 7) is 0. The average Bonchev–Trinajstić information content (AvgIpc) is 2.29. The Labute approximate surface area is 94.6 Å². The number of aromatic nitrogens is 1. The van der Waals surface area contributed by atoms with E-state index in [0.717, 1.165) is 12.1 Å². The Hall–Kier alpha value is -2.37. The molecule has 2 aromatic rings. The van der Waals surface area contributed by atoms with Crippen LogP contribution in [0, 0.1) is 5.82 Å². The lowest BCUT2D eigenvalue weighted by atomic mass is 10.1. The molecule has 1 heterocycles. The molecule has 0 fully saturated rings. The van der Waals surface area contributed by atoms with Gasteiger partial charge in [0.25, 0.3) is 5.56 Å². The van der Waals surface area contributed by atoms with E-state index in [0.29, 0.717) is 10.1 Å². The van der Waals surface area contributed by atoms with E-state index in [9.17, 15) is 14.0 Å². The summed E-state index contributed by atoms with van der Waals surface area (Å²) in [5, 5.41) is 9.34. The SMILES string of the molecule is COn1c(C(=O)O)cc2ccc(F)cc2c1=O. The molecule has 0 radical (unpaired) electrons. The van der Waals surface area contributed by atoms with Crippen molar-refractivity contribution < 1.29 is 19.1 Å². The fourth-order valence-corrected chi connectivity index (χ4v) is 1.59. The van der Waals surface area contributed by atoms with Crippen LogP contribution < -0.4 is 10.4 Å². The monoisotopic (exact) mass is 237 g/mol. The van der Waals surface area contributed by atoms with Crippen molar-refractivity contribution in [2.75, 3.05) is 7.11 Å². The number of carbonyl (C=O) groups is 1. The largest absolute Gasteiger partial charge is 0.476 e. The summed E-state index contributed by atoms with van der Waals surface area (Å²) in [6.07, 6.45) is 0. The molecule has 1 N–H and O–H groups in total. The van der Waals surface area contributed by atoms with Crippen molar-refractivity contribution in [3.05, 3.63) is 46.1 Å². The number of carboxylic acids is 1. The normalized spacial score (nSPS) is 10.5. The molecule has 0 bridgehead atoms. The zero-order valence-corrected chi connectivity index (χ0v) is 8.81. The molecule has 88 valence electrons. The quantitative estimate of drug-likeness (QED) is 0.842. The Bertz CT molecular complexity index is 662. The summed E-state index contributed by atoms with van der Waals surface area (Å²) in [4.78, 5) is 27.5. The lowest BCUT2D eigenvalue weighted by Crippen LogP contribution is -2.30. The number of nitrogens with zero attached hydrogens (tertiary/aromatic N) is 1. The third-order valence-corrected chi connectivity index (χ3v) is 2.34. The molecule has 1 aromatic carbocycles. The predicted molar refractivity (Wildman–Crippen MR) is 57.6 cm³/mol. The van der Waals surface area contributed by atoms with Crippen molar-refractivity contribution >= 4 is 16.7 Å². The highest BCUT2D eigenvalue weighted by atomic mass is 19.1. The molecule has 0 aliphatic heterocycles. The lowest BCUT2D eigenvalue weighted by molar-refractivity contribution is 0.0630. The molecule has 5 nitrogen and oxygen atoms in total. The van der Waals surface area contributed by atoms with Gasteiger partial charge in [-0.3, -0.25) is 4.79 Å². The van der Waals surface area contributed by atoms with Crippen LogP contribution in [-0.2, 0) is 0 Å². The molecule has 2 rings (SSSR count). The first-order chi connectivity index (χ1) is 8.04. The zero-order valence-electron chi connectivity index (χ0n) is 8.81. The molecule has 0 aliphatic rings. The molecular formula is C11H8FNO4. The van der Waals surface area contributed by atoms with Gasteiger partial charge in [-0.25, -0.2) is 9.18 Å². The fraction of sp³-hybridized carbons (Fsp3) is 0.0909. The highest BCUT2D eigenvalue weighted by molar-refractivity contribution is 5.92. The Kier molecular flexibility index (Phi) is 2.55. The van der Waals surface area contributed by atoms with E-state index < -0.39 is 17.3 Å². The molecule has 6 heteroatoms. The van der Waals surface area contributed by atoms with E-state index in [2.05, 4.69) is 4.84 Å². The van der Waals surface area contributed by atoms with Crippen molar-refractivity contribution in [2.24, 2.45) is 0 Å². The molecule has 0 saturated carbocycles. The van der Waals surface area contributed by atoms with Crippen molar-refractivity contribution in [1.82, 2.24) is 4.73 Å². The second kappa shape index (κ2) is 3.89. The van der Waals surface area contributed by atoms with E-state index in [1.807, 2.05) is 0 Å². The van der Waals surface area contributed by atoms with Gasteiger partial charge < -0.3 is 9.94 Å². The molecular weight excluding hydrogens is 229 g/mol. The number of fused-ring (bicyclic) bond motifs is 1. The van der Waals surface area contributed by atoms with Gasteiger partial charge in [0.15, 0.2) is 5.69 Å². The molecule has 0 aliphatic carbocycles. The Morgan fingerprint density at radius 1 is 1.41 bits per heavy atom. The Morgan fingerprint density at radius 2 is 2.12 bits per heavy atom. The van der Waals surface area contributed by atoms with Gasteiger partial charge in [-0.15, -0.1) is 4.73 Å². The number of carboxylic acid groups (broad SMARTS) is 1. The topological polar surface area (TPSA) is 68.5 Å². The van der Waals surface area contributed by atoms with Gasteiger partial charge in [-0.2, -0.15) is 0 Å². The minimum Gasteiger partial charge on any atom is -0.476 e. The smallest absolute Gasteiger partial charge is 0.356 e. The van der Waals surface area contributed by atoms with Crippen LogP contribution in [0.4, 0.5) is 4.39 Å². The lowest BCUT2D eigenvalue weighted by Gasteiger charge is -2.09. The Morgan fingerprint density at radius 3 is 2.71 bits per heavy atom. The minimum atomic E-state index is -1.30. The molecule has 1 aromatic heterocycles. The van der Waals surface area contributed by atoms with E-state index in [4.69, 9.17) is 5.11 Å². The van der Waals surface area contributed by atoms with Crippen molar-refractivity contribution in [3.8, 4) is 0 Å². The maximum atomic E-state index is 13.0. The van der Waals surface area contributed by atoms with Crippen LogP contribution in [0.2, 0.25) is 0 Å². The number of rotatable bonds is 2. The van der Waals surface area contributed by atoms with E-state index in [1.54, 1.807) is 0 Å². The van der Waals surface area contributed by atoms with Crippen LogP contribution in [-0.4, -0.2) is 22.9 Å². The maximum absolute atomic E-state index is 13.0. The van der Waals surface area contributed by atoms with Crippen molar-refractivity contribution in [1.29, 1.82) is 0 Å². The van der Waals surface area contributed by atoms with Crippen LogP contribution in [0.25, 0.3) is 10.8 Å². The van der Waals surface area contributed by atoms with Gasteiger partial charge in [0.1, 0.15) is 12.9 Å². The summed E-state index contributed by atoms with van der Waals surface area (Å²) < 4.78 is 13.6. The minimum absolute atomic E-state index is 0.0665. The van der Waals surface area contributed by atoms with Gasteiger partial charge in [0.05, 0.1) is 5.39 Å². The molecule has 0 saturated heterocycles. The first-order valence-corrected chi connectivity index (χ1v) is 4.67. The zero-order chi connectivity index (χ0) is 12.6. The number of halogens is 1. The van der Waals surface area contributed by atoms with Gasteiger partial charge in [0.2, 0.25) is 0 Å². The van der Waals surface area contributed by atoms with Crippen LogP contribution in [0.15, 0.2) is 29.1 Å². The van der Waals surface area contributed by atoms with Crippen LogP contribution in [0.3, 0.4) is 0 Å². The third kappa shape index (κ3) is 1.73. The first kappa shape index (κ1) is 11.1. The number of aromatic carboxylic acids is 1. The molecule has 0 spiro atoms. The van der Waals surface area contributed by atoms with E-state index >= 15 is 0 Å². The van der Waals surface area contributed by atoms with Crippen LogP contribution in [0.5, 0.6) is 0 Å². The van der Waals surface area contributed by atoms with Gasteiger partial charge >= 0.3 is 5.97 Å². The summed E-state index contributed by atoms with van der Waals surface area (Å²) in [5.74, 6) is -1.87. The number of hydrogen-bond acceptors (Lipinski definition) is 3. The second-order valence-electron chi connectivity index (χ2n) is 3.35. The molecule has 0 amide bonds. The number of pyridine rings is 1. The molecule has 17 heavy (non-hydrogen) atoms. The average molecular weight is 237 g/mol. The highest BCUT2D eigenvalue weighted by Crippen LogP contribution is 2.13. The van der Waals surface area contributed by atoms with E-state index in [1.165, 1.54) is 19.2 Å². The van der Waals surface area contributed by atoms with E-state index in [-0.39, 0.29) is 11.1 Å². The van der Waals surface area contributed by atoms with Gasteiger partial charge in [-0.1, -0.05) is 6.07 Å². The molecule has 0 unspecified atom stereocenters. The van der Waals surface area contributed by atoms with Crippen LogP contribution >= 0.6 is 0 Å². The second-order valence-corrected chi connectivity index (χ2v) is 3.35. The summed E-state index contributed by atoms with van der Waals surface area (Å²) >= 11 is 0. The molecule has 0 atom stereocenters. The standard InChI is InChI=1S/C11H8FNO4/c1-17-13-9(11(15)16)4-6-2-3-7(12)5-8(6)10(13)14/h2-5H,1H3,(H,15,16). The summed E-state index contributed by atoms with van der Waals surface area (Å²) in [7, 11) is 1.17. The van der Waals surface area contributed by atoms with Crippen molar-refractivity contribution in [2.45, 2.75) is 0 Å². The first-order valence-electron chi connectivity index (χ1n) is 4.67. The number of hydrogen-bond donors (Lipinski definition) is 1. The Balaban J connectivity index is 2.93. The fourth-order valence-electron chi connectivity index (χ4n) is 1.59. The van der Waals surface area contributed by atoms with Gasteiger partial charge in [0, 0.05) is 0 Å². The highest BCUT2D eigenvalue weighted by Gasteiger charge is 2.15. The third-order valence-electron chi connectivity index (χ3n) is 2.34. The van der Waals surface area contributed by atoms with Crippen molar-refractivity contribution in [3.63, 3.8) is 0 Å². The van der Waals surface area contributed by atoms with Gasteiger partial charge in [-0.05, 0) is 23.6 Å². The maximum Gasteiger partial charge on any atom is 0.356 e. The predicted octanol–water partition coefficient (Wildman–Crippen LogP) is 0.897. The summed E-state index contributed by atoms with van der Waals surface area (Å²) in [5.41, 5.74) is -1.02. The number of benzene rings is 1. The summed E-state index contributed by atoms with van der Waals surface area (Å²) in [6, 6.07) is 4.80.